The van der Waals surface area contributed by atoms with Crippen LogP contribution in [-0.2, 0) is 13.0 Å². The zero-order valence-electron chi connectivity index (χ0n) is 14.1. The second kappa shape index (κ2) is 7.75. The Morgan fingerprint density at radius 2 is 2.04 bits per heavy atom. The zero-order chi connectivity index (χ0) is 16.8. The fourth-order valence-electron chi connectivity index (χ4n) is 2.67. The van der Waals surface area contributed by atoms with E-state index in [9.17, 15) is 0 Å². The van der Waals surface area contributed by atoms with Gasteiger partial charge < -0.3 is 9.64 Å². The van der Waals surface area contributed by atoms with E-state index in [-0.39, 0.29) is 0 Å². The van der Waals surface area contributed by atoms with Crippen LogP contribution >= 0.6 is 0 Å². The number of nitrogens with zero attached hydrogens (tertiary/aromatic N) is 4. The Morgan fingerprint density at radius 3 is 2.75 bits per heavy atom. The fourth-order valence-corrected chi connectivity index (χ4v) is 2.67. The molecule has 5 heteroatoms. The van der Waals surface area contributed by atoms with Gasteiger partial charge in [-0.15, -0.1) is 0 Å². The van der Waals surface area contributed by atoms with E-state index in [0.29, 0.717) is 0 Å². The molecule has 0 fully saturated rings. The first-order chi connectivity index (χ1) is 11.8. The van der Waals surface area contributed by atoms with Crippen LogP contribution in [0, 0.1) is 0 Å². The van der Waals surface area contributed by atoms with Crippen molar-refractivity contribution < 1.29 is 4.74 Å². The van der Waals surface area contributed by atoms with Gasteiger partial charge in [0.1, 0.15) is 5.75 Å². The summed E-state index contributed by atoms with van der Waals surface area (Å²) in [6, 6.07) is 14.1. The summed E-state index contributed by atoms with van der Waals surface area (Å²) in [5.74, 6) is 0.860. The number of rotatable bonds is 7. The Kier molecular flexibility index (Phi) is 5.23. The number of pyridine rings is 1. The second-order valence-corrected chi connectivity index (χ2v) is 5.75. The highest BCUT2D eigenvalue weighted by atomic mass is 16.5. The van der Waals surface area contributed by atoms with Gasteiger partial charge in [0, 0.05) is 43.8 Å². The molecular formula is C19H22N4O. The Morgan fingerprint density at radius 1 is 1.12 bits per heavy atom. The molecule has 0 aliphatic heterocycles. The van der Waals surface area contributed by atoms with Crippen LogP contribution in [0.4, 0.5) is 0 Å². The third-order valence-electron chi connectivity index (χ3n) is 3.95. The minimum Gasteiger partial charge on any atom is -0.497 e. The Bertz CT molecular complexity index is 756. The van der Waals surface area contributed by atoms with E-state index in [0.717, 1.165) is 36.6 Å². The van der Waals surface area contributed by atoms with Crippen molar-refractivity contribution in [1.82, 2.24) is 19.7 Å². The van der Waals surface area contributed by atoms with Crippen LogP contribution < -0.4 is 4.74 Å². The minimum atomic E-state index is 0.819. The molecule has 0 unspecified atom stereocenters. The van der Waals surface area contributed by atoms with Crippen molar-refractivity contribution >= 4 is 0 Å². The molecule has 0 saturated heterocycles. The molecule has 0 saturated carbocycles. The summed E-state index contributed by atoms with van der Waals surface area (Å²) in [5, 5.41) is 4.35. The molecule has 3 aromatic rings. The number of aromatic nitrogens is 3. The number of methoxy groups -OCH3 is 1. The van der Waals surface area contributed by atoms with E-state index in [1.807, 2.05) is 47.4 Å². The largest absolute Gasteiger partial charge is 0.497 e. The predicted octanol–water partition coefficient (Wildman–Crippen LogP) is 2.95. The molecule has 1 aromatic carbocycles. The quantitative estimate of drug-likeness (QED) is 0.671. The van der Waals surface area contributed by atoms with Crippen molar-refractivity contribution in [2.24, 2.45) is 0 Å². The third kappa shape index (κ3) is 4.00. The summed E-state index contributed by atoms with van der Waals surface area (Å²) in [6.07, 6.45) is 6.52. The number of hydrogen-bond donors (Lipinski definition) is 0. The van der Waals surface area contributed by atoms with Crippen LogP contribution in [0.5, 0.6) is 5.75 Å². The third-order valence-corrected chi connectivity index (χ3v) is 3.95. The zero-order valence-corrected chi connectivity index (χ0v) is 14.1. The molecule has 2 heterocycles. The van der Waals surface area contributed by atoms with E-state index >= 15 is 0 Å². The standard InChI is InChI=1S/C19H22N4O/c1-22(13-9-17-6-3-4-10-20-17)15-16-14-18(24-2)7-8-19(16)23-12-5-11-21-23/h3-8,10-12,14H,9,13,15H2,1-2H3. The van der Waals surface area contributed by atoms with Gasteiger partial charge in [0.2, 0.25) is 0 Å². The van der Waals surface area contributed by atoms with E-state index in [1.165, 1.54) is 5.56 Å². The lowest BCUT2D eigenvalue weighted by Gasteiger charge is -2.19. The topological polar surface area (TPSA) is 43.2 Å². The molecule has 3 rings (SSSR count). The lowest BCUT2D eigenvalue weighted by atomic mass is 10.1. The summed E-state index contributed by atoms with van der Waals surface area (Å²) in [5.41, 5.74) is 3.37. The van der Waals surface area contributed by atoms with Crippen LogP contribution in [0.2, 0.25) is 0 Å². The maximum atomic E-state index is 5.38. The molecule has 0 aliphatic rings. The van der Waals surface area contributed by atoms with Gasteiger partial charge in [-0.3, -0.25) is 4.98 Å². The van der Waals surface area contributed by atoms with Gasteiger partial charge in [-0.1, -0.05) is 6.07 Å². The highest BCUT2D eigenvalue weighted by Gasteiger charge is 2.10. The highest BCUT2D eigenvalue weighted by molar-refractivity contribution is 5.45. The average Bonchev–Trinajstić information content (AvgIpc) is 3.15. The molecule has 124 valence electrons. The van der Waals surface area contributed by atoms with Crippen LogP contribution in [-0.4, -0.2) is 40.4 Å². The Balaban J connectivity index is 1.73. The molecule has 0 atom stereocenters. The molecule has 24 heavy (non-hydrogen) atoms. The van der Waals surface area contributed by atoms with Gasteiger partial charge in [-0.05, 0) is 49.0 Å². The fraction of sp³-hybridized carbons (Fsp3) is 0.263. The van der Waals surface area contributed by atoms with Crippen molar-refractivity contribution in [3.63, 3.8) is 0 Å². The van der Waals surface area contributed by atoms with E-state index in [2.05, 4.69) is 34.2 Å². The average molecular weight is 322 g/mol. The minimum absolute atomic E-state index is 0.819. The monoisotopic (exact) mass is 322 g/mol. The number of hydrogen-bond acceptors (Lipinski definition) is 4. The van der Waals surface area contributed by atoms with Crippen LogP contribution in [0.15, 0.2) is 61.1 Å². The first kappa shape index (κ1) is 16.2. The van der Waals surface area contributed by atoms with Gasteiger partial charge in [-0.25, -0.2) is 4.68 Å². The summed E-state index contributed by atoms with van der Waals surface area (Å²) in [7, 11) is 3.81. The molecular weight excluding hydrogens is 300 g/mol. The summed E-state index contributed by atoms with van der Waals surface area (Å²) >= 11 is 0. The smallest absolute Gasteiger partial charge is 0.119 e. The van der Waals surface area contributed by atoms with Crippen molar-refractivity contribution in [3.8, 4) is 11.4 Å². The molecule has 0 amide bonds. The van der Waals surface area contributed by atoms with Gasteiger partial charge >= 0.3 is 0 Å². The SMILES string of the molecule is COc1ccc(-n2cccn2)c(CN(C)CCc2ccccn2)c1. The first-order valence-electron chi connectivity index (χ1n) is 8.01. The molecule has 0 radical (unpaired) electrons. The highest BCUT2D eigenvalue weighted by Crippen LogP contribution is 2.22. The van der Waals surface area contributed by atoms with Crippen molar-refractivity contribution in [3.05, 3.63) is 72.3 Å². The molecule has 0 aliphatic carbocycles. The maximum Gasteiger partial charge on any atom is 0.119 e. The Hall–Kier alpha value is -2.66. The number of benzene rings is 1. The van der Waals surface area contributed by atoms with E-state index in [1.54, 1.807) is 13.3 Å². The van der Waals surface area contributed by atoms with Crippen molar-refractivity contribution in [2.45, 2.75) is 13.0 Å². The lowest BCUT2D eigenvalue weighted by molar-refractivity contribution is 0.328. The van der Waals surface area contributed by atoms with Crippen LogP contribution in [0.25, 0.3) is 5.69 Å². The predicted molar refractivity (Wildman–Crippen MR) is 94.4 cm³/mol. The summed E-state index contributed by atoms with van der Waals surface area (Å²) in [6.45, 7) is 1.76. The lowest BCUT2D eigenvalue weighted by Crippen LogP contribution is -2.22. The van der Waals surface area contributed by atoms with E-state index < -0.39 is 0 Å². The normalized spacial score (nSPS) is 11.0. The van der Waals surface area contributed by atoms with Gasteiger partial charge in [0.25, 0.3) is 0 Å². The van der Waals surface area contributed by atoms with Crippen molar-refractivity contribution in [2.75, 3.05) is 20.7 Å². The van der Waals surface area contributed by atoms with E-state index in [4.69, 9.17) is 4.74 Å². The maximum absolute atomic E-state index is 5.38. The Labute approximate surface area is 142 Å². The van der Waals surface area contributed by atoms with Gasteiger partial charge in [0.15, 0.2) is 0 Å². The van der Waals surface area contributed by atoms with Crippen LogP contribution in [0.1, 0.15) is 11.3 Å². The number of ether oxygens (including phenoxy) is 1. The molecule has 0 N–H and O–H groups in total. The van der Waals surface area contributed by atoms with Gasteiger partial charge in [0.05, 0.1) is 12.8 Å². The summed E-state index contributed by atoms with van der Waals surface area (Å²) in [4.78, 5) is 6.67. The first-order valence-corrected chi connectivity index (χ1v) is 8.01. The van der Waals surface area contributed by atoms with Crippen LogP contribution in [0.3, 0.4) is 0 Å². The molecule has 2 aromatic heterocycles. The van der Waals surface area contributed by atoms with Gasteiger partial charge in [-0.2, -0.15) is 5.10 Å². The van der Waals surface area contributed by atoms with Crippen molar-refractivity contribution in [1.29, 1.82) is 0 Å². The summed E-state index contributed by atoms with van der Waals surface area (Å²) < 4.78 is 7.27. The molecule has 0 spiro atoms. The number of likely N-dealkylation sites (N-methyl/N-ethyl adjacent to an activating group) is 1. The molecule has 0 bridgehead atoms. The molecule has 5 nitrogen and oxygen atoms in total. The second-order valence-electron chi connectivity index (χ2n) is 5.75.